The first-order valence-corrected chi connectivity index (χ1v) is 7.01. The summed E-state index contributed by atoms with van der Waals surface area (Å²) in [5.74, 6) is 0. The van der Waals surface area contributed by atoms with E-state index in [4.69, 9.17) is 4.74 Å². The fourth-order valence-electron chi connectivity index (χ4n) is 3.16. The zero-order valence-corrected chi connectivity index (χ0v) is 12.1. The van der Waals surface area contributed by atoms with Crippen LogP contribution in [0.4, 0.5) is 0 Å². The number of rotatable bonds is 1. The van der Waals surface area contributed by atoms with Gasteiger partial charge in [0.15, 0.2) is 0 Å². The van der Waals surface area contributed by atoms with Gasteiger partial charge in [-0.15, -0.1) is 0 Å². The molecular formula is C14H28N2O. The third-order valence-electron chi connectivity index (χ3n) is 4.08. The van der Waals surface area contributed by atoms with Gasteiger partial charge in [-0.2, -0.15) is 0 Å². The molecule has 0 N–H and O–H groups in total. The van der Waals surface area contributed by atoms with E-state index in [1.807, 2.05) is 0 Å². The first-order valence-electron chi connectivity index (χ1n) is 7.01. The van der Waals surface area contributed by atoms with Gasteiger partial charge in [-0.25, -0.2) is 0 Å². The molecule has 0 amide bonds. The summed E-state index contributed by atoms with van der Waals surface area (Å²) < 4.78 is 5.81. The van der Waals surface area contributed by atoms with Gasteiger partial charge in [-0.05, 0) is 41.0 Å². The predicted molar refractivity (Wildman–Crippen MR) is 71.3 cm³/mol. The molecular weight excluding hydrogens is 212 g/mol. The van der Waals surface area contributed by atoms with Crippen molar-refractivity contribution in [3.05, 3.63) is 0 Å². The Bertz CT molecular complexity index is 251. The van der Waals surface area contributed by atoms with Crippen LogP contribution in [0.15, 0.2) is 0 Å². The van der Waals surface area contributed by atoms with Crippen molar-refractivity contribution in [3.8, 4) is 0 Å². The van der Waals surface area contributed by atoms with E-state index in [1.165, 1.54) is 19.5 Å². The van der Waals surface area contributed by atoms with Crippen molar-refractivity contribution in [2.24, 2.45) is 0 Å². The van der Waals surface area contributed by atoms with Crippen LogP contribution in [0.25, 0.3) is 0 Å². The normalized spacial score (nSPS) is 37.6. The number of ether oxygens (including phenoxy) is 1. The average Bonchev–Trinajstić information content (AvgIpc) is 2.63. The van der Waals surface area contributed by atoms with Crippen LogP contribution in [-0.2, 0) is 4.74 Å². The molecule has 0 aromatic rings. The first-order chi connectivity index (χ1) is 7.86. The van der Waals surface area contributed by atoms with Crippen molar-refractivity contribution in [2.75, 3.05) is 26.2 Å². The minimum atomic E-state index is 0.318. The monoisotopic (exact) mass is 240 g/mol. The van der Waals surface area contributed by atoms with Crippen LogP contribution < -0.4 is 0 Å². The van der Waals surface area contributed by atoms with Crippen LogP contribution in [0.2, 0.25) is 0 Å². The third kappa shape index (κ3) is 3.21. The Balaban J connectivity index is 1.92. The summed E-state index contributed by atoms with van der Waals surface area (Å²) in [4.78, 5) is 5.26. The Morgan fingerprint density at radius 2 is 1.59 bits per heavy atom. The van der Waals surface area contributed by atoms with Crippen LogP contribution >= 0.6 is 0 Å². The zero-order chi connectivity index (χ0) is 12.6. The number of nitrogens with zero attached hydrogens (tertiary/aromatic N) is 2. The lowest BCUT2D eigenvalue weighted by atomic mass is 10.1. The Hall–Kier alpha value is -0.120. The van der Waals surface area contributed by atoms with Crippen molar-refractivity contribution in [1.82, 2.24) is 9.80 Å². The molecule has 100 valence electrons. The quantitative estimate of drug-likeness (QED) is 0.697. The lowest BCUT2D eigenvalue weighted by Crippen LogP contribution is -2.51. The molecule has 2 rings (SSSR count). The molecule has 0 radical (unpaired) electrons. The summed E-state index contributed by atoms with van der Waals surface area (Å²) in [5.41, 5.74) is 0.318. The largest absolute Gasteiger partial charge is 0.373 e. The topological polar surface area (TPSA) is 15.7 Å². The molecule has 0 bridgehead atoms. The second-order valence-corrected chi connectivity index (χ2v) is 6.77. The highest BCUT2D eigenvalue weighted by Crippen LogP contribution is 2.25. The highest BCUT2D eigenvalue weighted by atomic mass is 16.5. The van der Waals surface area contributed by atoms with Crippen LogP contribution in [-0.4, -0.2) is 59.8 Å². The Labute approximate surface area is 106 Å². The Morgan fingerprint density at radius 3 is 2.06 bits per heavy atom. The van der Waals surface area contributed by atoms with Crippen LogP contribution in [0, 0.1) is 0 Å². The fourth-order valence-corrected chi connectivity index (χ4v) is 3.16. The average molecular weight is 240 g/mol. The Morgan fingerprint density at radius 1 is 1.00 bits per heavy atom. The van der Waals surface area contributed by atoms with E-state index in [0.29, 0.717) is 17.7 Å². The van der Waals surface area contributed by atoms with Crippen molar-refractivity contribution in [2.45, 2.75) is 64.8 Å². The van der Waals surface area contributed by atoms with Gasteiger partial charge >= 0.3 is 0 Å². The van der Waals surface area contributed by atoms with E-state index in [9.17, 15) is 0 Å². The van der Waals surface area contributed by atoms with Gasteiger partial charge in [0.1, 0.15) is 0 Å². The van der Waals surface area contributed by atoms with Gasteiger partial charge in [0.25, 0.3) is 0 Å². The summed E-state index contributed by atoms with van der Waals surface area (Å²) in [6.07, 6.45) is 2.10. The van der Waals surface area contributed by atoms with E-state index < -0.39 is 0 Å². The molecule has 3 atom stereocenters. The number of likely N-dealkylation sites (tertiary alicyclic amines) is 1. The molecule has 2 fully saturated rings. The van der Waals surface area contributed by atoms with E-state index in [-0.39, 0.29) is 0 Å². The molecule has 2 saturated heterocycles. The third-order valence-corrected chi connectivity index (χ3v) is 4.08. The van der Waals surface area contributed by atoms with Crippen molar-refractivity contribution in [1.29, 1.82) is 0 Å². The lowest BCUT2D eigenvalue weighted by molar-refractivity contribution is -0.0795. The minimum absolute atomic E-state index is 0.318. The van der Waals surface area contributed by atoms with Crippen molar-refractivity contribution < 1.29 is 4.74 Å². The van der Waals surface area contributed by atoms with Gasteiger partial charge < -0.3 is 4.74 Å². The summed E-state index contributed by atoms with van der Waals surface area (Å²) in [7, 11) is 0. The highest BCUT2D eigenvalue weighted by Gasteiger charge is 2.35. The number of hydrogen-bond donors (Lipinski definition) is 0. The molecule has 2 aliphatic heterocycles. The highest BCUT2D eigenvalue weighted by molar-refractivity contribution is 4.91. The number of hydrogen-bond acceptors (Lipinski definition) is 3. The summed E-state index contributed by atoms with van der Waals surface area (Å²) in [5, 5.41) is 0. The smallest absolute Gasteiger partial charge is 0.0678 e. The molecule has 3 heteroatoms. The summed E-state index contributed by atoms with van der Waals surface area (Å²) in [6.45, 7) is 16.0. The number of morpholine rings is 1. The van der Waals surface area contributed by atoms with E-state index in [1.54, 1.807) is 0 Å². The first kappa shape index (κ1) is 13.3. The van der Waals surface area contributed by atoms with E-state index in [2.05, 4.69) is 44.4 Å². The molecule has 0 spiro atoms. The molecule has 2 heterocycles. The maximum atomic E-state index is 5.81. The molecule has 3 nitrogen and oxygen atoms in total. The molecule has 17 heavy (non-hydrogen) atoms. The second-order valence-electron chi connectivity index (χ2n) is 6.77. The van der Waals surface area contributed by atoms with Gasteiger partial charge in [0.2, 0.25) is 0 Å². The maximum Gasteiger partial charge on any atom is 0.0678 e. The molecule has 0 aromatic carbocycles. The summed E-state index contributed by atoms with van der Waals surface area (Å²) >= 11 is 0. The predicted octanol–water partition coefficient (Wildman–Crippen LogP) is 1.97. The SMILES string of the molecule is CC1CN(C2CCN(C(C)(C)C)C2)CC(C)O1. The fraction of sp³-hybridized carbons (Fsp3) is 1.00. The van der Waals surface area contributed by atoms with Crippen LogP contribution in [0.5, 0.6) is 0 Å². The van der Waals surface area contributed by atoms with E-state index in [0.717, 1.165) is 19.1 Å². The van der Waals surface area contributed by atoms with Gasteiger partial charge in [0.05, 0.1) is 12.2 Å². The maximum absolute atomic E-state index is 5.81. The standard InChI is InChI=1S/C14H28N2O/c1-11-8-15(9-12(2)17-11)13-6-7-16(10-13)14(3,4)5/h11-13H,6-10H2,1-5H3. The van der Waals surface area contributed by atoms with Crippen molar-refractivity contribution >= 4 is 0 Å². The molecule has 0 saturated carbocycles. The van der Waals surface area contributed by atoms with Crippen LogP contribution in [0.1, 0.15) is 41.0 Å². The van der Waals surface area contributed by atoms with Gasteiger partial charge in [0, 0.05) is 37.8 Å². The van der Waals surface area contributed by atoms with Crippen LogP contribution in [0.3, 0.4) is 0 Å². The molecule has 0 aliphatic carbocycles. The van der Waals surface area contributed by atoms with Gasteiger partial charge in [-0.3, -0.25) is 9.80 Å². The van der Waals surface area contributed by atoms with Crippen molar-refractivity contribution in [3.63, 3.8) is 0 Å². The molecule has 0 aromatic heterocycles. The zero-order valence-electron chi connectivity index (χ0n) is 12.1. The molecule has 2 aliphatic rings. The van der Waals surface area contributed by atoms with E-state index >= 15 is 0 Å². The summed E-state index contributed by atoms with van der Waals surface area (Å²) in [6, 6.07) is 0.739. The minimum Gasteiger partial charge on any atom is -0.373 e. The molecule has 3 unspecified atom stereocenters. The lowest BCUT2D eigenvalue weighted by Gasteiger charge is -2.39. The van der Waals surface area contributed by atoms with Gasteiger partial charge in [-0.1, -0.05) is 0 Å². The Kier molecular flexibility index (Phi) is 3.81. The second kappa shape index (κ2) is 4.87.